The molecule has 2 atom stereocenters. The van der Waals surface area contributed by atoms with E-state index < -0.39 is 17.1 Å². The van der Waals surface area contributed by atoms with E-state index in [4.69, 9.17) is 0 Å². The molecular weight excluding hydrogens is 378 g/mol. The lowest BCUT2D eigenvalue weighted by molar-refractivity contribution is 0.344. The zero-order chi connectivity index (χ0) is 22.5. The van der Waals surface area contributed by atoms with Crippen molar-refractivity contribution in [1.29, 1.82) is 0 Å². The predicted octanol–water partition coefficient (Wildman–Crippen LogP) is 5.42. The average molecular weight is 424 g/mol. The number of hydrogen-bond acceptors (Lipinski definition) is 3. The van der Waals surface area contributed by atoms with E-state index in [-0.39, 0.29) is 12.1 Å². The smallest absolute Gasteiger partial charge is 0.247 e. The van der Waals surface area contributed by atoms with Crippen molar-refractivity contribution < 1.29 is 0 Å². The van der Waals surface area contributed by atoms with Gasteiger partial charge >= 0.3 is 17.1 Å². The van der Waals surface area contributed by atoms with Gasteiger partial charge in [0, 0.05) is 18.6 Å². The fourth-order valence-electron chi connectivity index (χ4n) is 4.08. The summed E-state index contributed by atoms with van der Waals surface area (Å²) in [6.45, 7) is 10.7. The highest BCUT2D eigenvalue weighted by Crippen LogP contribution is 2.14. The highest BCUT2D eigenvalue weighted by molar-refractivity contribution is 4.85. The fourth-order valence-corrected chi connectivity index (χ4v) is 4.08. The van der Waals surface area contributed by atoms with Crippen molar-refractivity contribution in [2.24, 2.45) is 0 Å². The molecule has 1 aromatic heterocycles. The van der Waals surface area contributed by atoms with E-state index in [0.717, 1.165) is 77.0 Å². The first-order valence-corrected chi connectivity index (χ1v) is 12.4. The first-order valence-electron chi connectivity index (χ1n) is 12.4. The molecular formula is C24H45N3O3. The Morgan fingerprint density at radius 3 is 1.40 bits per heavy atom. The van der Waals surface area contributed by atoms with Crippen molar-refractivity contribution in [3.63, 3.8) is 0 Å². The van der Waals surface area contributed by atoms with Crippen LogP contribution in [0.15, 0.2) is 14.4 Å². The van der Waals surface area contributed by atoms with E-state index in [1.54, 1.807) is 0 Å². The summed E-state index contributed by atoms with van der Waals surface area (Å²) in [5.41, 5.74) is -1.29. The maximum Gasteiger partial charge on any atom is 0.336 e. The number of aromatic nitrogens is 3. The van der Waals surface area contributed by atoms with Crippen LogP contribution in [0.5, 0.6) is 0 Å². The molecule has 0 spiro atoms. The second-order valence-corrected chi connectivity index (χ2v) is 8.84. The number of unbranched alkanes of at least 4 members (excludes halogenated alkanes) is 8. The monoisotopic (exact) mass is 423 g/mol. The summed E-state index contributed by atoms with van der Waals surface area (Å²) in [7, 11) is 0. The lowest BCUT2D eigenvalue weighted by Crippen LogP contribution is -2.56. The van der Waals surface area contributed by atoms with Gasteiger partial charge in [0.15, 0.2) is 0 Å². The van der Waals surface area contributed by atoms with Gasteiger partial charge in [0.25, 0.3) is 0 Å². The van der Waals surface area contributed by atoms with Gasteiger partial charge in [-0.25, -0.2) is 28.1 Å². The molecule has 0 radical (unpaired) electrons. The Morgan fingerprint density at radius 2 is 0.967 bits per heavy atom. The van der Waals surface area contributed by atoms with Gasteiger partial charge in [0.1, 0.15) is 0 Å². The molecule has 30 heavy (non-hydrogen) atoms. The number of hydrogen-bond donors (Lipinski definition) is 0. The van der Waals surface area contributed by atoms with E-state index in [1.165, 1.54) is 20.1 Å². The largest absolute Gasteiger partial charge is 0.336 e. The molecule has 2 unspecified atom stereocenters. The molecule has 174 valence electrons. The molecule has 0 bridgehead atoms. The molecule has 0 aromatic carbocycles. The van der Waals surface area contributed by atoms with Crippen molar-refractivity contribution in [2.75, 3.05) is 0 Å². The zero-order valence-corrected chi connectivity index (χ0v) is 20.1. The minimum Gasteiger partial charge on any atom is -0.247 e. The van der Waals surface area contributed by atoms with Crippen LogP contribution in [0.3, 0.4) is 0 Å². The predicted molar refractivity (Wildman–Crippen MR) is 126 cm³/mol. The molecule has 0 fully saturated rings. The van der Waals surface area contributed by atoms with Crippen LogP contribution in [0.1, 0.15) is 130 Å². The van der Waals surface area contributed by atoms with Crippen molar-refractivity contribution in [1.82, 2.24) is 13.7 Å². The molecule has 6 nitrogen and oxygen atoms in total. The van der Waals surface area contributed by atoms with Crippen molar-refractivity contribution in [3.8, 4) is 0 Å². The van der Waals surface area contributed by atoms with Crippen LogP contribution in [-0.4, -0.2) is 13.7 Å². The van der Waals surface area contributed by atoms with Crippen molar-refractivity contribution in [2.45, 2.75) is 137 Å². The third kappa shape index (κ3) is 7.59. The van der Waals surface area contributed by atoms with Gasteiger partial charge in [-0.15, -0.1) is 0 Å². The van der Waals surface area contributed by atoms with Gasteiger partial charge in [-0.2, -0.15) is 0 Å². The Bertz CT molecular complexity index is 721. The highest BCUT2D eigenvalue weighted by Gasteiger charge is 2.21. The van der Waals surface area contributed by atoms with Crippen molar-refractivity contribution in [3.05, 3.63) is 31.5 Å². The molecule has 0 saturated carbocycles. The summed E-state index contributed by atoms with van der Waals surface area (Å²) in [6, 6.07) is -0.393. The lowest BCUT2D eigenvalue weighted by atomic mass is 10.1. The summed E-state index contributed by atoms with van der Waals surface area (Å²) in [5, 5.41) is 0. The Labute approximate surface area is 182 Å². The van der Waals surface area contributed by atoms with Gasteiger partial charge in [-0.1, -0.05) is 85.0 Å². The summed E-state index contributed by atoms with van der Waals surface area (Å²) in [6.07, 6.45) is 13.1. The highest BCUT2D eigenvalue weighted by atomic mass is 16.2. The number of nitrogens with zero attached hydrogens (tertiary/aromatic N) is 3. The first kappa shape index (κ1) is 26.4. The van der Waals surface area contributed by atoms with Crippen molar-refractivity contribution >= 4 is 0 Å². The minimum absolute atomic E-state index is 0.197. The van der Waals surface area contributed by atoms with Crippen LogP contribution in [0.2, 0.25) is 0 Å². The minimum atomic E-state index is -0.430. The van der Waals surface area contributed by atoms with Gasteiger partial charge in [0.05, 0.1) is 0 Å². The Balaban J connectivity index is 3.29. The molecule has 1 rings (SSSR count). The molecule has 0 aliphatic rings. The average Bonchev–Trinajstić information content (AvgIpc) is 2.70. The molecule has 1 aromatic rings. The summed E-state index contributed by atoms with van der Waals surface area (Å²) < 4.78 is 4.01. The zero-order valence-electron chi connectivity index (χ0n) is 20.1. The molecule has 1 heterocycles. The van der Waals surface area contributed by atoms with E-state index in [1.807, 2.05) is 13.8 Å². The Morgan fingerprint density at radius 1 is 0.567 bits per heavy atom. The SMILES string of the molecule is CCCCCCCn1c(=O)n(C(C)CCCCC)c(=O)n(C(C)CCCCC)c1=O. The van der Waals surface area contributed by atoms with E-state index in [2.05, 4.69) is 20.8 Å². The standard InChI is InChI=1S/C24H45N3O3/c1-6-9-12-13-16-19-25-22(28)26(20(4)17-14-10-7-2)24(30)27(23(25)29)21(5)18-15-11-8-3/h20-21H,6-19H2,1-5H3. The van der Waals surface area contributed by atoms with Gasteiger partial charge in [-0.3, -0.25) is 0 Å². The van der Waals surface area contributed by atoms with Crippen LogP contribution < -0.4 is 17.1 Å². The van der Waals surface area contributed by atoms with Crippen LogP contribution in [0, 0.1) is 0 Å². The molecule has 0 amide bonds. The molecule has 6 heteroatoms. The second-order valence-electron chi connectivity index (χ2n) is 8.84. The van der Waals surface area contributed by atoms with E-state index >= 15 is 0 Å². The van der Waals surface area contributed by atoms with Crippen LogP contribution in [0.4, 0.5) is 0 Å². The Kier molecular flexibility index (Phi) is 12.7. The summed E-state index contributed by atoms with van der Waals surface area (Å²) in [5.74, 6) is 0. The maximum absolute atomic E-state index is 13.2. The molecule has 0 saturated heterocycles. The van der Waals surface area contributed by atoms with Gasteiger partial charge < -0.3 is 0 Å². The van der Waals surface area contributed by atoms with Crippen LogP contribution >= 0.6 is 0 Å². The summed E-state index contributed by atoms with van der Waals surface area (Å²) >= 11 is 0. The third-order valence-electron chi connectivity index (χ3n) is 6.10. The molecule has 0 N–H and O–H groups in total. The maximum atomic E-state index is 13.2. The topological polar surface area (TPSA) is 66.0 Å². The van der Waals surface area contributed by atoms with E-state index in [9.17, 15) is 14.4 Å². The second kappa shape index (κ2) is 14.4. The van der Waals surface area contributed by atoms with Crippen LogP contribution in [0.25, 0.3) is 0 Å². The van der Waals surface area contributed by atoms with Crippen LogP contribution in [-0.2, 0) is 6.54 Å². The fraction of sp³-hybridized carbons (Fsp3) is 0.875. The number of rotatable bonds is 16. The summed E-state index contributed by atoms with van der Waals surface area (Å²) in [4.78, 5) is 39.5. The molecule has 0 aliphatic carbocycles. The lowest BCUT2D eigenvalue weighted by Gasteiger charge is -2.21. The van der Waals surface area contributed by atoms with Gasteiger partial charge in [0.2, 0.25) is 0 Å². The van der Waals surface area contributed by atoms with Gasteiger partial charge in [-0.05, 0) is 33.1 Å². The quantitative estimate of drug-likeness (QED) is 0.333. The normalized spacial score (nSPS) is 13.5. The molecule has 0 aliphatic heterocycles. The third-order valence-corrected chi connectivity index (χ3v) is 6.10. The first-order chi connectivity index (χ1) is 14.4. The van der Waals surface area contributed by atoms with E-state index in [0.29, 0.717) is 6.54 Å². The Hall–Kier alpha value is -1.59.